The molecule has 1 atom stereocenters. The molecule has 0 saturated carbocycles. The van der Waals surface area contributed by atoms with Gasteiger partial charge in [0.25, 0.3) is 0 Å². The molecular formula is C5H9ClO. The van der Waals surface area contributed by atoms with E-state index in [1.165, 1.54) is 0 Å². The first-order valence-corrected chi connectivity index (χ1v) is 3.00. The van der Waals surface area contributed by atoms with Gasteiger partial charge < -0.3 is 4.74 Å². The molecule has 1 heterocycles. The van der Waals surface area contributed by atoms with E-state index in [2.05, 4.69) is 6.92 Å². The molecule has 0 spiro atoms. The van der Waals surface area contributed by atoms with Gasteiger partial charge in [-0.05, 0) is 13.3 Å². The summed E-state index contributed by atoms with van der Waals surface area (Å²) < 4.78 is 5.05. The first-order chi connectivity index (χ1) is 3.27. The van der Waals surface area contributed by atoms with Crippen LogP contribution < -0.4 is 0 Å². The molecule has 1 rings (SSSR count). The van der Waals surface area contributed by atoms with E-state index in [1.54, 1.807) is 0 Å². The minimum atomic E-state index is 0.168. The summed E-state index contributed by atoms with van der Waals surface area (Å²) in [5.74, 6) is 0.719. The minimum absolute atomic E-state index is 0.168. The Morgan fingerprint density at radius 3 is 2.57 bits per heavy atom. The summed E-state index contributed by atoms with van der Waals surface area (Å²) in [5.41, 5.74) is 0.168. The molecule has 0 bridgehead atoms. The number of hydrogen-bond acceptors (Lipinski definition) is 1. The van der Waals surface area contributed by atoms with Gasteiger partial charge in [-0.2, -0.15) is 0 Å². The predicted molar refractivity (Wildman–Crippen MR) is 29.7 cm³/mol. The maximum Gasteiger partial charge on any atom is 0.0900 e. The van der Waals surface area contributed by atoms with Crippen molar-refractivity contribution in [3.8, 4) is 0 Å². The van der Waals surface area contributed by atoms with E-state index in [0.717, 1.165) is 18.9 Å². The van der Waals surface area contributed by atoms with Crippen molar-refractivity contribution in [2.45, 2.75) is 18.9 Å². The molecule has 1 aliphatic rings. The van der Waals surface area contributed by atoms with Crippen LogP contribution in [0.1, 0.15) is 13.3 Å². The van der Waals surface area contributed by atoms with Gasteiger partial charge in [0, 0.05) is 5.88 Å². The molecule has 1 saturated heterocycles. The van der Waals surface area contributed by atoms with Crippen molar-refractivity contribution in [1.82, 2.24) is 0 Å². The molecule has 2 heteroatoms. The molecule has 42 valence electrons. The fourth-order valence-corrected chi connectivity index (χ4v) is 0.867. The Balaban J connectivity index is 2.13. The quantitative estimate of drug-likeness (QED) is 0.397. The van der Waals surface area contributed by atoms with Gasteiger partial charge in [0.15, 0.2) is 0 Å². The second kappa shape index (κ2) is 1.64. The third-order valence-corrected chi connectivity index (χ3v) is 1.45. The van der Waals surface area contributed by atoms with Crippen LogP contribution in [0.25, 0.3) is 0 Å². The van der Waals surface area contributed by atoms with Crippen molar-refractivity contribution in [2.24, 2.45) is 0 Å². The summed E-state index contributed by atoms with van der Waals surface area (Å²) in [6.45, 7) is 2.98. The van der Waals surface area contributed by atoms with Gasteiger partial charge in [-0.3, -0.25) is 0 Å². The lowest BCUT2D eigenvalue weighted by molar-refractivity contribution is 0.318. The zero-order valence-electron chi connectivity index (χ0n) is 4.41. The molecule has 1 fully saturated rings. The van der Waals surface area contributed by atoms with Crippen LogP contribution in [0.2, 0.25) is 0 Å². The van der Waals surface area contributed by atoms with Crippen LogP contribution in [-0.4, -0.2) is 18.1 Å². The normalized spacial score (nSPS) is 38.6. The standard InChI is InChI=1S/C5H9ClO/c1-5(2-3-6)4-7-5/h2-4H2,1H3. The molecule has 0 aromatic carbocycles. The molecule has 0 N–H and O–H groups in total. The van der Waals surface area contributed by atoms with Gasteiger partial charge >= 0.3 is 0 Å². The molecule has 0 aliphatic carbocycles. The maximum atomic E-state index is 5.45. The van der Waals surface area contributed by atoms with Crippen molar-refractivity contribution < 1.29 is 4.74 Å². The second-order valence-corrected chi connectivity index (χ2v) is 2.56. The maximum absolute atomic E-state index is 5.45. The number of rotatable bonds is 2. The summed E-state index contributed by atoms with van der Waals surface area (Å²) in [4.78, 5) is 0. The number of halogens is 1. The third-order valence-electron chi connectivity index (χ3n) is 1.26. The Hall–Kier alpha value is 0.250. The Labute approximate surface area is 48.6 Å². The molecule has 1 unspecified atom stereocenters. The van der Waals surface area contributed by atoms with Crippen LogP contribution in [0.5, 0.6) is 0 Å². The Morgan fingerprint density at radius 1 is 1.86 bits per heavy atom. The van der Waals surface area contributed by atoms with Crippen LogP contribution in [0.3, 0.4) is 0 Å². The molecule has 1 aliphatic heterocycles. The number of ether oxygens (including phenoxy) is 1. The van der Waals surface area contributed by atoms with Gasteiger partial charge in [0.05, 0.1) is 12.2 Å². The molecule has 0 aromatic rings. The minimum Gasteiger partial charge on any atom is -0.370 e. The first kappa shape index (κ1) is 5.39. The van der Waals surface area contributed by atoms with Crippen LogP contribution in [0.4, 0.5) is 0 Å². The lowest BCUT2D eigenvalue weighted by Gasteiger charge is -1.96. The number of epoxide rings is 1. The predicted octanol–water partition coefficient (Wildman–Crippen LogP) is 1.40. The van der Waals surface area contributed by atoms with Crippen molar-refractivity contribution in [2.75, 3.05) is 12.5 Å². The summed E-state index contributed by atoms with van der Waals surface area (Å²) in [7, 11) is 0. The smallest absolute Gasteiger partial charge is 0.0900 e. The molecule has 0 amide bonds. The van der Waals surface area contributed by atoms with Crippen LogP contribution >= 0.6 is 11.6 Å². The van der Waals surface area contributed by atoms with Crippen LogP contribution in [0.15, 0.2) is 0 Å². The van der Waals surface area contributed by atoms with E-state index in [-0.39, 0.29) is 5.60 Å². The fraction of sp³-hybridized carbons (Fsp3) is 1.00. The topological polar surface area (TPSA) is 12.5 Å². The second-order valence-electron chi connectivity index (χ2n) is 2.18. The van der Waals surface area contributed by atoms with Crippen molar-refractivity contribution in [1.29, 1.82) is 0 Å². The molecule has 0 aromatic heterocycles. The SMILES string of the molecule is CC1(CCCl)CO1. The zero-order chi connectivity index (χ0) is 5.33. The highest BCUT2D eigenvalue weighted by Crippen LogP contribution is 2.29. The summed E-state index contributed by atoms with van der Waals surface area (Å²) in [5, 5.41) is 0. The highest BCUT2D eigenvalue weighted by Gasteiger charge is 2.37. The molecule has 1 nitrogen and oxygen atoms in total. The average molecular weight is 121 g/mol. The monoisotopic (exact) mass is 120 g/mol. The largest absolute Gasteiger partial charge is 0.370 e. The van der Waals surface area contributed by atoms with Gasteiger partial charge in [0.2, 0.25) is 0 Å². The van der Waals surface area contributed by atoms with Crippen molar-refractivity contribution >= 4 is 11.6 Å². The highest BCUT2D eigenvalue weighted by atomic mass is 35.5. The molecular weight excluding hydrogens is 112 g/mol. The summed E-state index contributed by atoms with van der Waals surface area (Å²) in [6.07, 6.45) is 0.995. The average Bonchev–Trinajstić information content (AvgIpc) is 2.22. The highest BCUT2D eigenvalue weighted by molar-refractivity contribution is 6.17. The lowest BCUT2D eigenvalue weighted by Crippen LogP contribution is -2.03. The van der Waals surface area contributed by atoms with Gasteiger partial charge in [0.1, 0.15) is 0 Å². The van der Waals surface area contributed by atoms with E-state index in [9.17, 15) is 0 Å². The van der Waals surface area contributed by atoms with E-state index >= 15 is 0 Å². The number of hydrogen-bond donors (Lipinski definition) is 0. The van der Waals surface area contributed by atoms with E-state index in [1.807, 2.05) is 0 Å². The molecule has 7 heavy (non-hydrogen) atoms. The van der Waals surface area contributed by atoms with Gasteiger partial charge in [-0.1, -0.05) is 0 Å². The summed E-state index contributed by atoms with van der Waals surface area (Å²) in [6, 6.07) is 0. The van der Waals surface area contributed by atoms with Gasteiger partial charge in [-0.25, -0.2) is 0 Å². The van der Waals surface area contributed by atoms with Crippen molar-refractivity contribution in [3.05, 3.63) is 0 Å². The van der Waals surface area contributed by atoms with E-state index < -0.39 is 0 Å². The van der Waals surface area contributed by atoms with Crippen LogP contribution in [0, 0.1) is 0 Å². The Morgan fingerprint density at radius 2 is 2.43 bits per heavy atom. The summed E-state index contributed by atoms with van der Waals surface area (Å²) >= 11 is 5.45. The zero-order valence-corrected chi connectivity index (χ0v) is 5.16. The van der Waals surface area contributed by atoms with E-state index in [0.29, 0.717) is 0 Å². The number of alkyl halides is 1. The molecule has 0 radical (unpaired) electrons. The first-order valence-electron chi connectivity index (χ1n) is 2.47. The van der Waals surface area contributed by atoms with Crippen LogP contribution in [-0.2, 0) is 4.74 Å². The Bertz CT molecular complexity index is 68.5. The lowest BCUT2D eigenvalue weighted by atomic mass is 10.1. The van der Waals surface area contributed by atoms with E-state index in [4.69, 9.17) is 16.3 Å². The van der Waals surface area contributed by atoms with Crippen molar-refractivity contribution in [3.63, 3.8) is 0 Å². The fourth-order valence-electron chi connectivity index (χ4n) is 0.467. The van der Waals surface area contributed by atoms with Gasteiger partial charge in [-0.15, -0.1) is 11.6 Å². The third kappa shape index (κ3) is 1.32. The Kier molecular flexibility index (Phi) is 1.26.